The number of aliphatic carboxylic acids is 7. The van der Waals surface area contributed by atoms with Gasteiger partial charge in [-0.15, -0.1) is 0 Å². The first-order valence-electron chi connectivity index (χ1n) is 11.2. The summed E-state index contributed by atoms with van der Waals surface area (Å²) >= 11 is 0. The summed E-state index contributed by atoms with van der Waals surface area (Å²) in [6.45, 7) is 2.13. The molecule has 0 saturated carbocycles. The summed E-state index contributed by atoms with van der Waals surface area (Å²) in [6, 6.07) is 0. The van der Waals surface area contributed by atoms with Crippen molar-refractivity contribution in [2.75, 3.05) is 27.7 Å². The maximum atomic E-state index is 11.0. The predicted molar refractivity (Wildman–Crippen MR) is 111 cm³/mol. The zero-order chi connectivity index (χ0) is 33.4. The third kappa shape index (κ3) is 29.6. The van der Waals surface area contributed by atoms with E-state index in [-0.39, 0.29) is 77.2 Å². The van der Waals surface area contributed by atoms with E-state index >= 15 is 0 Å². The van der Waals surface area contributed by atoms with E-state index in [0.717, 1.165) is 0 Å². The van der Waals surface area contributed by atoms with E-state index in [1.165, 1.54) is 0 Å². The molecule has 0 unspecified atom stereocenters. The van der Waals surface area contributed by atoms with Crippen molar-refractivity contribution in [3.8, 4) is 0 Å². The normalized spacial score (nSPS) is 11.0. The molecule has 0 aliphatic carbocycles. The van der Waals surface area contributed by atoms with Crippen LogP contribution in [0.3, 0.4) is 0 Å². The maximum Gasteiger partial charge on any atom is 2.00 e. The van der Waals surface area contributed by atoms with Crippen LogP contribution in [0.5, 0.6) is 0 Å². The number of likely N-dealkylation sites (N-methyl/N-ethyl adjacent to an activating group) is 1. The molecule has 0 aromatic heterocycles. The van der Waals surface area contributed by atoms with Crippen molar-refractivity contribution >= 4 is 47.8 Å². The number of rotatable bonds is 16. The van der Waals surface area contributed by atoms with Gasteiger partial charge in [0.2, 0.25) is 0 Å². The summed E-state index contributed by atoms with van der Waals surface area (Å²) in [5.74, 6) is -13.5. The summed E-state index contributed by atoms with van der Waals surface area (Å²) in [6.07, 6.45) is -6.04. The first-order chi connectivity index (χ1) is 18.3. The molecule has 0 saturated heterocycles. The topological polar surface area (TPSA) is 348 Å². The molecule has 0 aromatic carbocycles. The van der Waals surface area contributed by atoms with Crippen molar-refractivity contribution in [1.29, 1.82) is 0 Å². The molecule has 0 bridgehead atoms. The number of carbonyl (C=O) groups is 8. The summed E-state index contributed by atoms with van der Waals surface area (Å²) in [5, 5.41) is 88.3. The van der Waals surface area contributed by atoms with Gasteiger partial charge in [0.1, 0.15) is 17.7 Å². The molecular weight excluding hydrogens is 762 g/mol. The van der Waals surface area contributed by atoms with E-state index in [2.05, 4.69) is 0 Å². The van der Waals surface area contributed by atoms with Crippen LogP contribution in [0.15, 0.2) is 0 Å². The minimum Gasteiger partial charge on any atom is -0.550 e. The number of nitrogens with zero attached hydrogens (tertiary/aromatic N) is 1. The van der Waals surface area contributed by atoms with Crippen LogP contribution in [-0.4, -0.2) is 107 Å². The Kier molecular flexibility index (Phi) is 30.4. The van der Waals surface area contributed by atoms with Crippen LogP contribution < -0.4 is 35.7 Å². The third-order valence-corrected chi connectivity index (χ3v) is 4.24. The van der Waals surface area contributed by atoms with Crippen molar-refractivity contribution < 1.29 is 152 Å². The van der Waals surface area contributed by atoms with Gasteiger partial charge in [-0.2, -0.15) is 0 Å². The predicted octanol–water partition coefficient (Wildman–Crippen LogP) is -11.4. The average molecular weight is 792 g/mol. The smallest absolute Gasteiger partial charge is 0.550 e. The minimum absolute atomic E-state index is 0. The Labute approximate surface area is 289 Å². The van der Waals surface area contributed by atoms with E-state index in [1.54, 1.807) is 6.92 Å². The number of hydrogen-bond donors (Lipinski definition) is 2. The SMILES string of the molecule is CCC(=O)O[C@H](CC(=O)[O-])C[N+](C)(C)C.O=C([O-])CC(O)(CC(=O)[O-])C(=O)[O-].O=C([O-])CC(O)(CC(=O)[O-])C(=O)[O-].[Zn+2].[Zn+2].[Zn+2]. The second-order valence-electron chi connectivity index (χ2n) is 9.35. The molecule has 19 nitrogen and oxygen atoms in total. The van der Waals surface area contributed by atoms with E-state index < -0.39 is 84.8 Å². The molecule has 0 aliphatic rings. The van der Waals surface area contributed by atoms with Gasteiger partial charge < -0.3 is 88.7 Å². The van der Waals surface area contributed by atoms with E-state index in [9.17, 15) is 74.1 Å². The largest absolute Gasteiger partial charge is 2.00 e. The monoisotopic (exact) mass is 787 g/mol. The number of carbonyl (C=O) groups excluding carboxylic acids is 8. The molecule has 0 rings (SSSR count). The molecule has 2 N–H and O–H groups in total. The van der Waals surface area contributed by atoms with Gasteiger partial charge in [0, 0.05) is 68.4 Å². The van der Waals surface area contributed by atoms with Gasteiger partial charge in [0.15, 0.2) is 6.10 Å². The van der Waals surface area contributed by atoms with Crippen LogP contribution >= 0.6 is 0 Å². The minimum atomic E-state index is -2.97. The fourth-order valence-electron chi connectivity index (χ4n) is 2.58. The Bertz CT molecular complexity index is 898. The van der Waals surface area contributed by atoms with Crippen molar-refractivity contribution in [3.63, 3.8) is 0 Å². The van der Waals surface area contributed by atoms with Gasteiger partial charge in [-0.1, -0.05) is 6.92 Å². The fourth-order valence-corrected chi connectivity index (χ4v) is 2.58. The zero-order valence-corrected chi connectivity index (χ0v) is 33.4. The standard InChI is InChI=1S/C10H19NO4.2C6H8O7.3Zn/c1-5-10(14)15-8(6-9(12)13)7-11(2,3)4;2*7-3(8)1-6(13,5(11)12)2-4(9)10;;;/h8H,5-7H2,1-4H3;2*13H,1-2H2,(H,7,8)(H,9,10)(H,11,12);;;/q;;;3*+2/p-6/t8-;;;;;/m1...../s1. The van der Waals surface area contributed by atoms with Crippen LogP contribution in [0.25, 0.3) is 0 Å². The number of hydrogen-bond acceptors (Lipinski definition) is 18. The first-order valence-corrected chi connectivity index (χ1v) is 11.2. The van der Waals surface area contributed by atoms with Gasteiger partial charge in [-0.25, -0.2) is 0 Å². The first kappa shape index (κ1) is 54.0. The van der Waals surface area contributed by atoms with Crippen molar-refractivity contribution in [2.45, 2.75) is 62.8 Å². The molecule has 0 fully saturated rings. The zero-order valence-electron chi connectivity index (χ0n) is 24.5. The Morgan fingerprint density at radius 1 is 0.614 bits per heavy atom. The molecule has 0 spiro atoms. The fraction of sp³-hybridized carbons (Fsp3) is 0.636. The van der Waals surface area contributed by atoms with Gasteiger partial charge in [0.05, 0.1) is 33.1 Å². The number of aliphatic hydroxyl groups is 2. The summed E-state index contributed by atoms with van der Waals surface area (Å²) < 4.78 is 5.55. The van der Waals surface area contributed by atoms with Crippen LogP contribution in [-0.2, 0) is 102 Å². The molecule has 0 amide bonds. The maximum absolute atomic E-state index is 11.0. The number of carboxylic acid groups (broad SMARTS) is 7. The van der Waals surface area contributed by atoms with Crippen LogP contribution in [0, 0.1) is 0 Å². The summed E-state index contributed by atoms with van der Waals surface area (Å²) in [4.78, 5) is 81.5. The van der Waals surface area contributed by atoms with Crippen LogP contribution in [0.1, 0.15) is 45.4 Å². The van der Waals surface area contributed by atoms with Gasteiger partial charge >= 0.3 is 64.4 Å². The molecule has 44 heavy (non-hydrogen) atoms. The second-order valence-corrected chi connectivity index (χ2v) is 9.35. The summed E-state index contributed by atoms with van der Waals surface area (Å²) in [7, 11) is 5.71. The van der Waals surface area contributed by atoms with Crippen molar-refractivity contribution in [1.82, 2.24) is 0 Å². The van der Waals surface area contributed by atoms with E-state index in [4.69, 9.17) is 14.9 Å². The Morgan fingerprint density at radius 2 is 0.886 bits per heavy atom. The molecule has 1 atom stereocenters. The molecule has 0 aliphatic heterocycles. The number of ether oxygens (including phenoxy) is 1. The molecule has 236 valence electrons. The number of esters is 1. The van der Waals surface area contributed by atoms with Gasteiger partial charge in [-0.3, -0.25) is 4.79 Å². The van der Waals surface area contributed by atoms with Crippen LogP contribution in [0.2, 0.25) is 0 Å². The second kappa shape index (κ2) is 24.8. The average Bonchev–Trinajstić information content (AvgIpc) is 2.70. The molecule has 0 aromatic rings. The van der Waals surface area contributed by atoms with Crippen LogP contribution in [0.4, 0.5) is 0 Å². The van der Waals surface area contributed by atoms with Crippen molar-refractivity contribution in [2.24, 2.45) is 0 Å². The van der Waals surface area contributed by atoms with E-state index in [1.807, 2.05) is 21.1 Å². The number of carboxylic acids is 7. The number of quaternary nitrogens is 1. The third-order valence-electron chi connectivity index (χ3n) is 4.24. The molecule has 22 heteroatoms. The molecule has 0 heterocycles. The molecule has 0 radical (unpaired) electrons. The van der Waals surface area contributed by atoms with E-state index in [0.29, 0.717) is 11.0 Å². The van der Waals surface area contributed by atoms with Crippen molar-refractivity contribution in [3.05, 3.63) is 0 Å². The molecular formula is C22H29NO18Zn3. The Morgan fingerprint density at radius 3 is 1.05 bits per heavy atom. The Balaban J connectivity index is -0.000000119. The quantitative estimate of drug-likeness (QED) is 0.0832. The van der Waals surface area contributed by atoms with Gasteiger partial charge in [0.25, 0.3) is 0 Å². The van der Waals surface area contributed by atoms with Gasteiger partial charge in [-0.05, 0) is 0 Å². The summed E-state index contributed by atoms with van der Waals surface area (Å²) in [5.41, 5.74) is -5.95. The Hall–Kier alpha value is -2.49.